The van der Waals surface area contributed by atoms with Crippen molar-refractivity contribution in [1.29, 1.82) is 0 Å². The lowest BCUT2D eigenvalue weighted by molar-refractivity contribution is -0.135. The van der Waals surface area contributed by atoms with Crippen LogP contribution in [0, 0.1) is 0 Å². The number of fused-ring (bicyclic) bond motifs is 2. The Morgan fingerprint density at radius 1 is 1.13 bits per heavy atom. The van der Waals surface area contributed by atoms with E-state index in [0.717, 1.165) is 28.0 Å². The molecule has 30 heavy (non-hydrogen) atoms. The summed E-state index contributed by atoms with van der Waals surface area (Å²) in [7, 11) is 0. The van der Waals surface area contributed by atoms with Crippen molar-refractivity contribution in [1.82, 2.24) is 15.5 Å². The molecule has 0 bridgehead atoms. The number of nitrogens with one attached hydrogen (secondary N) is 2. The van der Waals surface area contributed by atoms with Gasteiger partial charge in [-0.15, -0.1) is 0 Å². The third kappa shape index (κ3) is 3.58. The summed E-state index contributed by atoms with van der Waals surface area (Å²) >= 11 is 0. The first kappa shape index (κ1) is 20.1. The summed E-state index contributed by atoms with van der Waals surface area (Å²) in [6.07, 6.45) is 1.96. The Balaban J connectivity index is 1.34. The summed E-state index contributed by atoms with van der Waals surface area (Å²) in [6, 6.07) is 15.5. The van der Waals surface area contributed by atoms with Crippen LogP contribution in [0.5, 0.6) is 0 Å². The number of imide groups is 1. The number of benzene rings is 2. The van der Waals surface area contributed by atoms with Crippen molar-refractivity contribution in [3.05, 3.63) is 70.8 Å². The molecule has 2 N–H and O–H groups in total. The van der Waals surface area contributed by atoms with Crippen LogP contribution in [0.1, 0.15) is 48.4 Å². The second-order valence-corrected chi connectivity index (χ2v) is 8.38. The Bertz CT molecular complexity index is 983. The predicted octanol–water partition coefficient (Wildman–Crippen LogP) is 2.86. The van der Waals surface area contributed by atoms with Gasteiger partial charge in [0.15, 0.2) is 0 Å². The molecule has 6 nitrogen and oxygen atoms in total. The van der Waals surface area contributed by atoms with Gasteiger partial charge >= 0.3 is 6.03 Å². The molecule has 4 amide bonds. The van der Waals surface area contributed by atoms with Crippen molar-refractivity contribution < 1.29 is 14.4 Å². The van der Waals surface area contributed by atoms with Gasteiger partial charge in [-0.05, 0) is 47.4 Å². The van der Waals surface area contributed by atoms with Gasteiger partial charge in [0, 0.05) is 6.54 Å². The van der Waals surface area contributed by atoms with Crippen molar-refractivity contribution in [2.75, 3.05) is 13.1 Å². The number of urea groups is 1. The molecule has 1 spiro atoms. The molecule has 1 unspecified atom stereocenters. The lowest BCUT2D eigenvalue weighted by atomic mass is 9.92. The quantitative estimate of drug-likeness (QED) is 0.726. The van der Waals surface area contributed by atoms with E-state index in [2.05, 4.69) is 48.7 Å². The minimum atomic E-state index is -1.02. The molecule has 1 aliphatic carbocycles. The molecular weight excluding hydrogens is 378 g/mol. The van der Waals surface area contributed by atoms with Crippen molar-refractivity contribution in [2.24, 2.45) is 0 Å². The topological polar surface area (TPSA) is 78.5 Å². The number of hydrogen-bond donors (Lipinski definition) is 2. The molecule has 2 aromatic carbocycles. The lowest BCUT2D eigenvalue weighted by Crippen LogP contribution is -2.44. The maximum Gasteiger partial charge on any atom is 0.325 e. The average Bonchev–Trinajstić information content (AvgIpc) is 3.22. The van der Waals surface area contributed by atoms with Gasteiger partial charge in [-0.1, -0.05) is 62.4 Å². The molecule has 1 atom stereocenters. The normalized spacial score (nSPS) is 20.0. The van der Waals surface area contributed by atoms with Gasteiger partial charge in [-0.3, -0.25) is 14.5 Å². The van der Waals surface area contributed by atoms with Gasteiger partial charge in [0.25, 0.3) is 5.91 Å². The number of aryl methyl sites for hydroxylation is 1. The van der Waals surface area contributed by atoms with Crippen LogP contribution in [0.15, 0.2) is 48.5 Å². The van der Waals surface area contributed by atoms with E-state index in [1.54, 1.807) is 0 Å². The number of hydrogen-bond acceptors (Lipinski definition) is 3. The molecule has 156 valence electrons. The molecule has 1 aliphatic heterocycles. The van der Waals surface area contributed by atoms with Crippen molar-refractivity contribution >= 4 is 17.8 Å². The van der Waals surface area contributed by atoms with Crippen LogP contribution in [-0.4, -0.2) is 35.8 Å². The fraction of sp³-hybridized carbons (Fsp3) is 0.375. The van der Waals surface area contributed by atoms with E-state index in [0.29, 0.717) is 25.3 Å². The van der Waals surface area contributed by atoms with Crippen molar-refractivity contribution in [3.63, 3.8) is 0 Å². The molecule has 0 saturated carbocycles. The smallest absolute Gasteiger partial charge is 0.325 e. The van der Waals surface area contributed by atoms with E-state index in [1.807, 2.05) is 24.3 Å². The zero-order valence-electron chi connectivity index (χ0n) is 17.4. The Labute approximate surface area is 176 Å². The van der Waals surface area contributed by atoms with Crippen LogP contribution in [0.3, 0.4) is 0 Å². The lowest BCUT2D eigenvalue weighted by Gasteiger charge is -2.22. The standard InChI is InChI=1S/C24H27N3O3/c1-16(2)18-9-7-17(8-10-18)12-14-25-21(28)15-27-22(29)24(26-23(27)30)13-11-19-5-3-4-6-20(19)24/h3-10,16H,11-15H2,1-2H3,(H,25,28)(H,26,30). The monoisotopic (exact) mass is 405 g/mol. The maximum absolute atomic E-state index is 13.1. The Morgan fingerprint density at radius 3 is 2.60 bits per heavy atom. The Hall–Kier alpha value is -3.15. The first-order valence-electron chi connectivity index (χ1n) is 10.5. The first-order chi connectivity index (χ1) is 14.4. The van der Waals surface area contributed by atoms with Gasteiger partial charge in [-0.25, -0.2) is 4.79 Å². The summed E-state index contributed by atoms with van der Waals surface area (Å²) in [5.41, 5.74) is 3.31. The fourth-order valence-electron chi connectivity index (χ4n) is 4.35. The molecule has 2 aromatic rings. The zero-order chi connectivity index (χ0) is 21.3. The van der Waals surface area contributed by atoms with Gasteiger partial charge in [0.05, 0.1) is 0 Å². The highest BCUT2D eigenvalue weighted by atomic mass is 16.2. The minimum Gasteiger partial charge on any atom is -0.354 e. The van der Waals surface area contributed by atoms with E-state index in [9.17, 15) is 14.4 Å². The highest BCUT2D eigenvalue weighted by Crippen LogP contribution is 2.41. The number of carbonyl (C=O) groups excluding carboxylic acids is 3. The van der Waals surface area contributed by atoms with Crippen LogP contribution in [0.2, 0.25) is 0 Å². The second-order valence-electron chi connectivity index (χ2n) is 8.38. The molecule has 1 heterocycles. The molecule has 1 saturated heterocycles. The summed E-state index contributed by atoms with van der Waals surface area (Å²) in [5, 5.41) is 5.67. The van der Waals surface area contributed by atoms with Crippen molar-refractivity contribution in [3.8, 4) is 0 Å². The minimum absolute atomic E-state index is 0.263. The second kappa shape index (κ2) is 7.94. The number of nitrogens with zero attached hydrogens (tertiary/aromatic N) is 1. The molecule has 2 aliphatic rings. The Morgan fingerprint density at radius 2 is 1.87 bits per heavy atom. The number of amides is 4. The third-order valence-corrected chi connectivity index (χ3v) is 6.11. The highest BCUT2D eigenvalue weighted by molar-refractivity contribution is 6.09. The molecular formula is C24H27N3O3. The van der Waals surface area contributed by atoms with E-state index in [4.69, 9.17) is 0 Å². The van der Waals surface area contributed by atoms with Crippen LogP contribution in [0.4, 0.5) is 4.79 Å². The van der Waals surface area contributed by atoms with E-state index in [-0.39, 0.29) is 18.4 Å². The van der Waals surface area contributed by atoms with Crippen molar-refractivity contribution in [2.45, 2.75) is 44.6 Å². The summed E-state index contributed by atoms with van der Waals surface area (Å²) in [5.74, 6) is -0.185. The molecule has 6 heteroatoms. The van der Waals surface area contributed by atoms with Gasteiger partial charge in [-0.2, -0.15) is 0 Å². The van der Waals surface area contributed by atoms with E-state index in [1.165, 1.54) is 5.56 Å². The average molecular weight is 405 g/mol. The summed E-state index contributed by atoms with van der Waals surface area (Å²) < 4.78 is 0. The van der Waals surface area contributed by atoms with Gasteiger partial charge in [0.1, 0.15) is 12.1 Å². The first-order valence-corrected chi connectivity index (χ1v) is 10.5. The predicted molar refractivity (Wildman–Crippen MR) is 114 cm³/mol. The van der Waals surface area contributed by atoms with Crippen LogP contribution < -0.4 is 10.6 Å². The van der Waals surface area contributed by atoms with E-state index < -0.39 is 11.6 Å². The van der Waals surface area contributed by atoms with Crippen LogP contribution in [-0.2, 0) is 28.0 Å². The molecule has 4 rings (SSSR count). The van der Waals surface area contributed by atoms with E-state index >= 15 is 0 Å². The third-order valence-electron chi connectivity index (χ3n) is 6.11. The number of carbonyl (C=O) groups is 3. The van der Waals surface area contributed by atoms with Gasteiger partial charge < -0.3 is 10.6 Å². The Kier molecular flexibility index (Phi) is 5.33. The fourth-order valence-corrected chi connectivity index (χ4v) is 4.35. The molecule has 0 radical (unpaired) electrons. The maximum atomic E-state index is 13.1. The largest absolute Gasteiger partial charge is 0.354 e. The number of rotatable bonds is 6. The van der Waals surface area contributed by atoms with Crippen LogP contribution in [0.25, 0.3) is 0 Å². The van der Waals surface area contributed by atoms with Crippen LogP contribution >= 0.6 is 0 Å². The zero-order valence-corrected chi connectivity index (χ0v) is 17.4. The SMILES string of the molecule is CC(C)c1ccc(CCNC(=O)CN2C(=O)NC3(CCc4ccccc43)C2=O)cc1. The molecule has 0 aromatic heterocycles. The highest BCUT2D eigenvalue weighted by Gasteiger charge is 2.55. The summed E-state index contributed by atoms with van der Waals surface area (Å²) in [6.45, 7) is 4.50. The summed E-state index contributed by atoms with van der Waals surface area (Å²) in [4.78, 5) is 39.0. The van der Waals surface area contributed by atoms with Gasteiger partial charge in [0.2, 0.25) is 5.91 Å². The molecule has 1 fully saturated rings.